The summed E-state index contributed by atoms with van der Waals surface area (Å²) in [6, 6.07) is 4.29. The summed E-state index contributed by atoms with van der Waals surface area (Å²) in [5.41, 5.74) is 0.686. The number of carbonyl (C=O) groups is 2. The fraction of sp³-hybridized carbons (Fsp3) is 0.529. The number of amides is 1. The van der Waals surface area contributed by atoms with E-state index in [0.717, 1.165) is 0 Å². The van der Waals surface area contributed by atoms with Gasteiger partial charge in [0.05, 0.1) is 5.92 Å². The van der Waals surface area contributed by atoms with Gasteiger partial charge in [-0.25, -0.2) is 4.39 Å². The van der Waals surface area contributed by atoms with Crippen molar-refractivity contribution < 1.29 is 23.8 Å². The smallest absolute Gasteiger partial charge is 0.308 e. The number of halogens is 1. The Morgan fingerprint density at radius 2 is 2.09 bits per heavy atom. The second-order valence-electron chi connectivity index (χ2n) is 5.50. The van der Waals surface area contributed by atoms with Crippen molar-refractivity contribution >= 4 is 11.9 Å². The van der Waals surface area contributed by atoms with Crippen LogP contribution in [0.2, 0.25) is 0 Å². The summed E-state index contributed by atoms with van der Waals surface area (Å²) in [4.78, 5) is 25.0. The Morgan fingerprint density at radius 3 is 2.65 bits per heavy atom. The van der Waals surface area contributed by atoms with Crippen molar-refractivity contribution in [2.75, 3.05) is 26.3 Å². The van der Waals surface area contributed by atoms with Crippen molar-refractivity contribution in [3.63, 3.8) is 0 Å². The van der Waals surface area contributed by atoms with Crippen LogP contribution in [-0.2, 0) is 9.53 Å². The van der Waals surface area contributed by atoms with E-state index in [0.29, 0.717) is 31.7 Å². The first-order valence-electron chi connectivity index (χ1n) is 7.72. The Hall–Kier alpha value is -1.95. The van der Waals surface area contributed by atoms with Gasteiger partial charge < -0.3 is 14.7 Å². The Bertz CT molecular complexity index is 547. The molecular formula is C17H24FNO4. The molecule has 0 aromatic heterocycles. The van der Waals surface area contributed by atoms with Crippen LogP contribution in [0.25, 0.3) is 0 Å². The maximum atomic E-state index is 13.7. The van der Waals surface area contributed by atoms with E-state index >= 15 is 0 Å². The lowest BCUT2D eigenvalue weighted by molar-refractivity contribution is -0.141. The molecule has 0 aliphatic rings. The van der Waals surface area contributed by atoms with Gasteiger partial charge in [-0.05, 0) is 38.0 Å². The van der Waals surface area contributed by atoms with Gasteiger partial charge in [0.1, 0.15) is 5.82 Å². The van der Waals surface area contributed by atoms with Gasteiger partial charge in [0, 0.05) is 31.9 Å². The standard InChI is InChI=1S/C17H24FNO4/c1-4-23-9-5-8-19(11-13(3)17(21)22)16(20)14-7-6-12(2)15(18)10-14/h6-7,10,13H,4-5,8-9,11H2,1-3H3,(H,21,22). The first kappa shape index (κ1) is 19.1. The highest BCUT2D eigenvalue weighted by Crippen LogP contribution is 2.13. The number of hydrogen-bond acceptors (Lipinski definition) is 3. The zero-order valence-electron chi connectivity index (χ0n) is 13.8. The Labute approximate surface area is 136 Å². The molecule has 1 aromatic rings. The van der Waals surface area contributed by atoms with E-state index < -0.39 is 17.7 Å². The molecule has 5 nitrogen and oxygen atoms in total. The highest BCUT2D eigenvalue weighted by atomic mass is 19.1. The van der Waals surface area contributed by atoms with Crippen LogP contribution in [0.5, 0.6) is 0 Å². The van der Waals surface area contributed by atoms with E-state index in [-0.39, 0.29) is 18.0 Å². The SMILES string of the molecule is CCOCCCN(CC(C)C(=O)O)C(=O)c1ccc(C)c(F)c1. The van der Waals surface area contributed by atoms with Crippen molar-refractivity contribution in [1.82, 2.24) is 4.90 Å². The molecule has 0 bridgehead atoms. The van der Waals surface area contributed by atoms with Gasteiger partial charge in [-0.1, -0.05) is 13.0 Å². The molecule has 0 fully saturated rings. The van der Waals surface area contributed by atoms with Crippen LogP contribution in [-0.4, -0.2) is 48.2 Å². The van der Waals surface area contributed by atoms with E-state index in [1.807, 2.05) is 6.92 Å². The second kappa shape index (κ2) is 9.25. The zero-order valence-corrected chi connectivity index (χ0v) is 13.8. The number of nitrogens with zero attached hydrogens (tertiary/aromatic N) is 1. The van der Waals surface area contributed by atoms with Gasteiger partial charge in [-0.15, -0.1) is 0 Å². The minimum absolute atomic E-state index is 0.0792. The molecule has 0 radical (unpaired) electrons. The maximum absolute atomic E-state index is 13.7. The first-order chi connectivity index (χ1) is 10.9. The van der Waals surface area contributed by atoms with E-state index in [4.69, 9.17) is 9.84 Å². The molecule has 1 unspecified atom stereocenters. The lowest BCUT2D eigenvalue weighted by Crippen LogP contribution is -2.38. The highest BCUT2D eigenvalue weighted by molar-refractivity contribution is 5.94. The molecule has 0 saturated carbocycles. The third-order valence-corrected chi connectivity index (χ3v) is 3.54. The van der Waals surface area contributed by atoms with Crippen molar-refractivity contribution in [3.8, 4) is 0 Å². The van der Waals surface area contributed by atoms with Crippen LogP contribution in [0.1, 0.15) is 36.2 Å². The average Bonchev–Trinajstić information content (AvgIpc) is 2.52. The molecule has 0 saturated heterocycles. The number of ether oxygens (including phenoxy) is 1. The van der Waals surface area contributed by atoms with Crippen LogP contribution in [0.15, 0.2) is 18.2 Å². The van der Waals surface area contributed by atoms with Crippen LogP contribution in [0.4, 0.5) is 4.39 Å². The van der Waals surface area contributed by atoms with Crippen molar-refractivity contribution in [2.45, 2.75) is 27.2 Å². The number of aryl methyl sites for hydroxylation is 1. The van der Waals surface area contributed by atoms with Gasteiger partial charge >= 0.3 is 5.97 Å². The molecule has 6 heteroatoms. The summed E-state index contributed by atoms with van der Waals surface area (Å²) in [7, 11) is 0. The number of benzene rings is 1. The minimum atomic E-state index is -0.970. The number of carbonyl (C=O) groups excluding carboxylic acids is 1. The fourth-order valence-electron chi connectivity index (χ4n) is 2.09. The monoisotopic (exact) mass is 325 g/mol. The lowest BCUT2D eigenvalue weighted by atomic mass is 10.1. The molecule has 1 amide bonds. The largest absolute Gasteiger partial charge is 0.481 e. The molecule has 23 heavy (non-hydrogen) atoms. The summed E-state index contributed by atoms with van der Waals surface area (Å²) in [6.07, 6.45) is 0.597. The van der Waals surface area contributed by atoms with E-state index in [9.17, 15) is 14.0 Å². The molecule has 0 aliphatic carbocycles. The Morgan fingerprint density at radius 1 is 1.39 bits per heavy atom. The number of aliphatic carboxylic acids is 1. The normalized spacial score (nSPS) is 12.0. The lowest BCUT2D eigenvalue weighted by Gasteiger charge is -2.25. The molecule has 0 spiro atoms. The number of hydrogen-bond donors (Lipinski definition) is 1. The fourth-order valence-corrected chi connectivity index (χ4v) is 2.09. The predicted molar refractivity (Wildman–Crippen MR) is 85.0 cm³/mol. The molecule has 1 aromatic carbocycles. The summed E-state index contributed by atoms with van der Waals surface area (Å²) < 4.78 is 18.9. The molecular weight excluding hydrogens is 301 g/mol. The molecule has 1 N–H and O–H groups in total. The van der Waals surface area contributed by atoms with Crippen LogP contribution < -0.4 is 0 Å². The topological polar surface area (TPSA) is 66.8 Å². The van der Waals surface area contributed by atoms with Crippen molar-refractivity contribution in [3.05, 3.63) is 35.1 Å². The molecule has 0 aliphatic heterocycles. The van der Waals surface area contributed by atoms with Gasteiger partial charge in [-0.3, -0.25) is 9.59 Å². The number of carboxylic acid groups (broad SMARTS) is 1. The van der Waals surface area contributed by atoms with Crippen molar-refractivity contribution in [2.24, 2.45) is 5.92 Å². The number of rotatable bonds is 9. The summed E-state index contributed by atoms with van der Waals surface area (Å²) in [5.74, 6) is -2.48. The number of carboxylic acids is 1. The van der Waals surface area contributed by atoms with Gasteiger partial charge in [0.2, 0.25) is 0 Å². The van der Waals surface area contributed by atoms with Crippen LogP contribution in [0.3, 0.4) is 0 Å². The molecule has 128 valence electrons. The minimum Gasteiger partial charge on any atom is -0.481 e. The Balaban J connectivity index is 2.85. The second-order valence-corrected chi connectivity index (χ2v) is 5.50. The van der Waals surface area contributed by atoms with E-state index in [2.05, 4.69) is 0 Å². The maximum Gasteiger partial charge on any atom is 0.308 e. The zero-order chi connectivity index (χ0) is 17.4. The summed E-state index contributed by atoms with van der Waals surface area (Å²) in [5, 5.41) is 9.05. The van der Waals surface area contributed by atoms with Crippen molar-refractivity contribution in [1.29, 1.82) is 0 Å². The quantitative estimate of drug-likeness (QED) is 0.709. The van der Waals surface area contributed by atoms with Crippen LogP contribution >= 0.6 is 0 Å². The average molecular weight is 325 g/mol. The molecule has 1 atom stereocenters. The summed E-state index contributed by atoms with van der Waals surface area (Å²) in [6.45, 7) is 6.57. The van der Waals surface area contributed by atoms with Crippen LogP contribution in [0, 0.1) is 18.7 Å². The predicted octanol–water partition coefficient (Wildman–Crippen LogP) is 2.72. The van der Waals surface area contributed by atoms with E-state index in [1.54, 1.807) is 26.0 Å². The first-order valence-corrected chi connectivity index (χ1v) is 7.72. The third kappa shape index (κ3) is 5.98. The Kier molecular flexibility index (Phi) is 7.68. The third-order valence-electron chi connectivity index (χ3n) is 3.54. The van der Waals surface area contributed by atoms with Gasteiger partial charge in [0.15, 0.2) is 0 Å². The molecule has 0 heterocycles. The van der Waals surface area contributed by atoms with Gasteiger partial charge in [0.25, 0.3) is 5.91 Å². The molecule has 1 rings (SSSR count). The highest BCUT2D eigenvalue weighted by Gasteiger charge is 2.22. The summed E-state index contributed by atoms with van der Waals surface area (Å²) >= 11 is 0. The van der Waals surface area contributed by atoms with E-state index in [1.165, 1.54) is 11.0 Å². The van der Waals surface area contributed by atoms with Gasteiger partial charge in [-0.2, -0.15) is 0 Å².